The summed E-state index contributed by atoms with van der Waals surface area (Å²) >= 11 is 0. The Labute approximate surface area is 284 Å². The summed E-state index contributed by atoms with van der Waals surface area (Å²) in [5.41, 5.74) is 1.74. The maximum atomic E-state index is 13.5. The van der Waals surface area contributed by atoms with Crippen LogP contribution in [-0.4, -0.2) is 54.2 Å². The van der Waals surface area contributed by atoms with Gasteiger partial charge in [-0.3, -0.25) is 9.59 Å². The summed E-state index contributed by atoms with van der Waals surface area (Å²) in [6.07, 6.45) is 15.3. The van der Waals surface area contributed by atoms with E-state index in [1.165, 1.54) is 24.8 Å². The molecule has 8 nitrogen and oxygen atoms in total. The number of rotatable bonds is 8. The van der Waals surface area contributed by atoms with Gasteiger partial charge in [0.2, 0.25) is 0 Å². The Morgan fingerprint density at radius 2 is 1.57 bits per heavy atom. The molecule has 9 atom stereocenters. The average molecular weight is 663 g/mol. The first-order valence-corrected chi connectivity index (χ1v) is 17.9. The Balaban J connectivity index is 0.000000614. The standard InChI is InChI=1S/C31H48O5.C5H8O3.C2H6.CH4/c1-19-21-9-12-30(5)22-10-14-31(27(34)36-18-26(32)33)16-15-28(2,3)17-23(31)20(22)7-8-25(30)29(21,4)13-11-24(19)35-6;6-4-2-1-3-5(7)8;1-2;/h7,19,21-25H,8-18H2,1-6H3,(H,32,33);4H,1-3H2,(H,7,8);1-2H3;1H4. The number of methoxy groups -OCH3 is 1. The number of carboxylic acids is 2. The normalized spacial score (nSPS) is 37.8. The van der Waals surface area contributed by atoms with Crippen LogP contribution in [0.4, 0.5) is 0 Å². The third-order valence-corrected chi connectivity index (χ3v) is 13.1. The maximum Gasteiger partial charge on any atom is 0.341 e. The van der Waals surface area contributed by atoms with E-state index in [1.807, 2.05) is 21.0 Å². The molecule has 2 N–H and O–H groups in total. The number of carboxylic acid groups (broad SMARTS) is 2. The third kappa shape index (κ3) is 8.16. The number of hydrogen-bond donors (Lipinski definition) is 2. The first-order chi connectivity index (χ1) is 21.6. The predicted molar refractivity (Wildman–Crippen MR) is 185 cm³/mol. The van der Waals surface area contributed by atoms with E-state index in [2.05, 4.69) is 40.7 Å². The highest BCUT2D eigenvalue weighted by atomic mass is 16.6. The molecule has 0 radical (unpaired) electrons. The van der Waals surface area contributed by atoms with Crippen LogP contribution < -0.4 is 0 Å². The van der Waals surface area contributed by atoms with Gasteiger partial charge in [0.15, 0.2) is 6.61 Å². The van der Waals surface area contributed by atoms with Gasteiger partial charge in [-0.1, -0.05) is 67.5 Å². The Kier molecular flexibility index (Phi) is 14.3. The van der Waals surface area contributed by atoms with E-state index in [0.29, 0.717) is 48.0 Å². The van der Waals surface area contributed by atoms with Crippen LogP contribution in [0.15, 0.2) is 11.6 Å². The number of aldehydes is 1. The highest BCUT2D eigenvalue weighted by molar-refractivity contribution is 5.81. The van der Waals surface area contributed by atoms with Crippen molar-refractivity contribution in [2.75, 3.05) is 13.7 Å². The fraction of sp³-hybridized carbons (Fsp3) is 0.846. The quantitative estimate of drug-likeness (QED) is 0.114. The number of esters is 1. The summed E-state index contributed by atoms with van der Waals surface area (Å²) in [6, 6.07) is 0. The predicted octanol–water partition coefficient (Wildman–Crippen LogP) is 8.75. The molecule has 47 heavy (non-hydrogen) atoms. The fourth-order valence-corrected chi connectivity index (χ4v) is 10.8. The number of carbonyl (C=O) groups is 4. The molecule has 0 aromatic carbocycles. The molecule has 4 saturated carbocycles. The van der Waals surface area contributed by atoms with Crippen LogP contribution in [0.2, 0.25) is 0 Å². The van der Waals surface area contributed by atoms with Crippen molar-refractivity contribution in [2.24, 2.45) is 51.2 Å². The molecule has 0 aliphatic heterocycles. The minimum atomic E-state index is -1.07. The second-order valence-electron chi connectivity index (χ2n) is 15.9. The van der Waals surface area contributed by atoms with Gasteiger partial charge in [-0.25, -0.2) is 4.79 Å². The number of unbranched alkanes of at least 4 members (excludes halogenated alkanes) is 1. The van der Waals surface area contributed by atoms with E-state index in [-0.39, 0.29) is 36.6 Å². The molecule has 5 rings (SSSR count). The van der Waals surface area contributed by atoms with Gasteiger partial charge in [-0.15, -0.1) is 0 Å². The van der Waals surface area contributed by atoms with Crippen LogP contribution in [0.25, 0.3) is 0 Å². The van der Waals surface area contributed by atoms with Gasteiger partial charge in [-0.2, -0.15) is 0 Å². The Hall–Kier alpha value is -2.22. The number of aliphatic carboxylic acids is 2. The number of carbonyl (C=O) groups excluding carboxylic acids is 2. The molecule has 5 aliphatic rings. The molecular weight excluding hydrogens is 596 g/mol. The molecule has 8 heteroatoms. The van der Waals surface area contributed by atoms with Crippen molar-refractivity contribution in [1.29, 1.82) is 0 Å². The van der Waals surface area contributed by atoms with E-state index in [1.54, 1.807) is 0 Å². The lowest BCUT2D eigenvalue weighted by molar-refractivity contribution is -0.179. The average Bonchev–Trinajstić information content (AvgIpc) is 3.00. The lowest BCUT2D eigenvalue weighted by Crippen LogP contribution is -2.60. The summed E-state index contributed by atoms with van der Waals surface area (Å²) < 4.78 is 11.3. The second-order valence-corrected chi connectivity index (χ2v) is 15.9. The third-order valence-electron chi connectivity index (χ3n) is 13.1. The van der Waals surface area contributed by atoms with Crippen molar-refractivity contribution >= 4 is 24.2 Å². The first-order valence-electron chi connectivity index (χ1n) is 17.9. The highest BCUT2D eigenvalue weighted by Crippen LogP contribution is 2.71. The van der Waals surface area contributed by atoms with E-state index >= 15 is 0 Å². The van der Waals surface area contributed by atoms with Crippen molar-refractivity contribution in [3.05, 3.63) is 11.6 Å². The zero-order chi connectivity index (χ0) is 34.5. The lowest BCUT2D eigenvalue weighted by Gasteiger charge is -2.66. The van der Waals surface area contributed by atoms with Gasteiger partial charge in [-0.05, 0) is 116 Å². The number of hydrogen-bond acceptors (Lipinski definition) is 6. The lowest BCUT2D eigenvalue weighted by atomic mass is 9.38. The van der Waals surface area contributed by atoms with Gasteiger partial charge >= 0.3 is 17.9 Å². The Morgan fingerprint density at radius 3 is 2.17 bits per heavy atom. The van der Waals surface area contributed by atoms with Crippen LogP contribution in [0.1, 0.15) is 139 Å². The minimum absolute atomic E-state index is 0. The molecule has 5 aliphatic carbocycles. The fourth-order valence-electron chi connectivity index (χ4n) is 10.8. The Morgan fingerprint density at radius 1 is 0.915 bits per heavy atom. The molecule has 0 bridgehead atoms. The van der Waals surface area contributed by atoms with Crippen molar-refractivity contribution in [3.63, 3.8) is 0 Å². The summed E-state index contributed by atoms with van der Waals surface area (Å²) in [6.45, 7) is 15.7. The Bertz CT molecular complexity index is 1130. The smallest absolute Gasteiger partial charge is 0.341 e. The van der Waals surface area contributed by atoms with E-state index in [4.69, 9.17) is 19.7 Å². The van der Waals surface area contributed by atoms with E-state index < -0.39 is 24.0 Å². The topological polar surface area (TPSA) is 127 Å². The first kappa shape index (κ1) is 41.0. The zero-order valence-electron chi connectivity index (χ0n) is 29.9. The van der Waals surface area contributed by atoms with Gasteiger partial charge in [0.1, 0.15) is 6.29 Å². The van der Waals surface area contributed by atoms with Crippen molar-refractivity contribution in [1.82, 2.24) is 0 Å². The molecule has 4 fully saturated rings. The highest BCUT2D eigenvalue weighted by Gasteiger charge is 2.64. The summed E-state index contributed by atoms with van der Waals surface area (Å²) in [4.78, 5) is 44.1. The second kappa shape index (κ2) is 16.5. The van der Waals surface area contributed by atoms with Gasteiger partial charge < -0.3 is 24.5 Å². The maximum absolute atomic E-state index is 13.5. The number of ether oxygens (including phenoxy) is 2. The van der Waals surface area contributed by atoms with Gasteiger partial charge in [0.25, 0.3) is 0 Å². The van der Waals surface area contributed by atoms with Crippen LogP contribution in [-0.2, 0) is 28.7 Å². The molecule has 9 unspecified atom stereocenters. The molecule has 0 aromatic heterocycles. The van der Waals surface area contributed by atoms with Gasteiger partial charge in [0.05, 0.1) is 11.5 Å². The van der Waals surface area contributed by atoms with Crippen molar-refractivity contribution < 1.29 is 38.9 Å². The summed E-state index contributed by atoms with van der Waals surface area (Å²) in [7, 11) is 1.88. The molecule has 0 saturated heterocycles. The van der Waals surface area contributed by atoms with E-state index in [0.717, 1.165) is 51.2 Å². The van der Waals surface area contributed by atoms with E-state index in [9.17, 15) is 19.2 Å². The van der Waals surface area contributed by atoms with Crippen LogP contribution in [0.3, 0.4) is 0 Å². The molecule has 0 aromatic rings. The summed E-state index contributed by atoms with van der Waals surface area (Å²) in [5, 5.41) is 17.2. The van der Waals surface area contributed by atoms with Crippen molar-refractivity contribution in [3.8, 4) is 0 Å². The largest absolute Gasteiger partial charge is 0.481 e. The van der Waals surface area contributed by atoms with Crippen LogP contribution in [0, 0.1) is 51.2 Å². The van der Waals surface area contributed by atoms with Gasteiger partial charge in [0, 0.05) is 20.0 Å². The number of allylic oxidation sites excluding steroid dienone is 2. The molecular formula is C39H66O8. The number of fused-ring (bicyclic) bond motifs is 7. The van der Waals surface area contributed by atoms with Crippen LogP contribution in [0.5, 0.6) is 0 Å². The monoisotopic (exact) mass is 662 g/mol. The SMILES string of the molecule is C.CC.COC1CCC2(C)C(CCC3(C)C4CCC5(C(=O)OCC(=O)O)CCC(C)(C)CC5C4=CCC32)C1C.O=CCCCC(=O)O. The van der Waals surface area contributed by atoms with Crippen LogP contribution >= 0.6 is 0 Å². The molecule has 0 heterocycles. The summed E-state index contributed by atoms with van der Waals surface area (Å²) in [5.74, 6) is 0.497. The molecule has 0 amide bonds. The molecule has 0 spiro atoms. The zero-order valence-corrected chi connectivity index (χ0v) is 29.9. The minimum Gasteiger partial charge on any atom is -0.481 e. The molecule has 270 valence electrons. The van der Waals surface area contributed by atoms with Crippen molar-refractivity contribution in [2.45, 2.75) is 145 Å².